The Kier molecular flexibility index (Phi) is 3.50. The van der Waals surface area contributed by atoms with Gasteiger partial charge in [0.1, 0.15) is 11.9 Å². The smallest absolute Gasteiger partial charge is 0.275 e. The topological polar surface area (TPSA) is 78.8 Å². The van der Waals surface area contributed by atoms with Gasteiger partial charge in [-0.1, -0.05) is 0 Å². The largest absolute Gasteiger partial charge is 0.336 e. The van der Waals surface area contributed by atoms with Gasteiger partial charge in [-0.3, -0.25) is 9.89 Å². The minimum absolute atomic E-state index is 0.0358. The van der Waals surface area contributed by atoms with Crippen LogP contribution in [0.25, 0.3) is 0 Å². The average molecular weight is 288 g/mol. The molecular weight excluding hydrogens is 268 g/mol. The third-order valence-corrected chi connectivity index (χ3v) is 4.12. The van der Waals surface area contributed by atoms with Crippen LogP contribution in [0.3, 0.4) is 0 Å². The van der Waals surface area contributed by atoms with E-state index < -0.39 is 0 Å². The molecule has 2 aromatic rings. The highest BCUT2D eigenvalue weighted by Gasteiger charge is 2.32. The van der Waals surface area contributed by atoms with Gasteiger partial charge in [0, 0.05) is 50.3 Å². The lowest BCUT2D eigenvalue weighted by Crippen LogP contribution is -2.49. The van der Waals surface area contributed by atoms with E-state index in [9.17, 15) is 4.79 Å². The Bertz CT molecular complexity index is 658. The summed E-state index contributed by atoms with van der Waals surface area (Å²) in [4.78, 5) is 19.1. The van der Waals surface area contributed by atoms with Crippen molar-refractivity contribution in [3.05, 3.63) is 35.2 Å². The number of imidazole rings is 1. The normalized spacial score (nSPS) is 19.0. The van der Waals surface area contributed by atoms with E-state index in [-0.39, 0.29) is 11.9 Å². The molecular formula is C14H20N6O. The number of rotatable bonds is 2. The summed E-state index contributed by atoms with van der Waals surface area (Å²) in [6.45, 7) is 5.99. The van der Waals surface area contributed by atoms with Crippen molar-refractivity contribution in [3.63, 3.8) is 0 Å². The van der Waals surface area contributed by atoms with Crippen LogP contribution in [0.2, 0.25) is 0 Å². The lowest BCUT2D eigenvalue weighted by Gasteiger charge is -2.35. The number of hydrogen-bond donors (Lipinski definition) is 2. The summed E-state index contributed by atoms with van der Waals surface area (Å²) in [6.07, 6.45) is 3.66. The quantitative estimate of drug-likeness (QED) is 0.845. The molecule has 0 spiro atoms. The van der Waals surface area contributed by atoms with E-state index in [1.807, 2.05) is 36.6 Å². The van der Waals surface area contributed by atoms with Gasteiger partial charge in [0.25, 0.3) is 5.91 Å². The molecule has 112 valence electrons. The molecule has 1 aliphatic heterocycles. The van der Waals surface area contributed by atoms with Crippen LogP contribution in [0.1, 0.15) is 33.6 Å². The van der Waals surface area contributed by atoms with Gasteiger partial charge in [-0.2, -0.15) is 5.10 Å². The maximum atomic E-state index is 12.8. The number of aromatic amines is 1. The predicted molar refractivity (Wildman–Crippen MR) is 77.9 cm³/mol. The predicted octanol–water partition coefficient (Wildman–Crippen LogP) is 0.547. The van der Waals surface area contributed by atoms with E-state index in [2.05, 4.69) is 20.5 Å². The number of nitrogens with zero attached hydrogens (tertiary/aromatic N) is 4. The summed E-state index contributed by atoms with van der Waals surface area (Å²) in [5.41, 5.74) is 2.35. The maximum Gasteiger partial charge on any atom is 0.275 e. The summed E-state index contributed by atoms with van der Waals surface area (Å²) in [5, 5.41) is 10.4. The summed E-state index contributed by atoms with van der Waals surface area (Å²) in [7, 11) is 1.95. The number of nitrogens with one attached hydrogen (secondary N) is 2. The summed E-state index contributed by atoms with van der Waals surface area (Å²) < 4.78 is 1.96. The zero-order valence-corrected chi connectivity index (χ0v) is 12.6. The number of aryl methyl sites for hydroxylation is 2. The van der Waals surface area contributed by atoms with E-state index in [4.69, 9.17) is 0 Å². The molecule has 2 aromatic heterocycles. The third kappa shape index (κ3) is 2.33. The Balaban J connectivity index is 1.93. The number of carbonyl (C=O) groups is 1. The molecule has 3 rings (SSSR count). The highest BCUT2D eigenvalue weighted by Crippen LogP contribution is 2.23. The van der Waals surface area contributed by atoms with Crippen LogP contribution in [-0.4, -0.2) is 50.2 Å². The Morgan fingerprint density at radius 1 is 1.43 bits per heavy atom. The number of amides is 1. The van der Waals surface area contributed by atoms with Gasteiger partial charge in [-0.05, 0) is 13.8 Å². The van der Waals surface area contributed by atoms with E-state index in [1.165, 1.54) is 0 Å². The van der Waals surface area contributed by atoms with Gasteiger partial charge in [0.2, 0.25) is 0 Å². The van der Waals surface area contributed by atoms with Crippen LogP contribution in [-0.2, 0) is 7.05 Å². The van der Waals surface area contributed by atoms with Crippen molar-refractivity contribution in [1.82, 2.24) is 30.0 Å². The zero-order chi connectivity index (χ0) is 15.0. The van der Waals surface area contributed by atoms with E-state index in [0.717, 1.165) is 23.6 Å². The third-order valence-electron chi connectivity index (χ3n) is 4.12. The summed E-state index contributed by atoms with van der Waals surface area (Å²) in [6, 6.07) is -0.0670. The lowest BCUT2D eigenvalue weighted by atomic mass is 10.1. The fourth-order valence-corrected chi connectivity index (χ4v) is 2.71. The molecule has 1 atom stereocenters. The van der Waals surface area contributed by atoms with Crippen LogP contribution in [0.5, 0.6) is 0 Å². The Labute approximate surface area is 123 Å². The monoisotopic (exact) mass is 288 g/mol. The molecule has 0 bridgehead atoms. The molecule has 1 fully saturated rings. The number of H-pyrrole nitrogens is 1. The van der Waals surface area contributed by atoms with Crippen LogP contribution in [0, 0.1) is 13.8 Å². The Hall–Kier alpha value is -2.15. The Morgan fingerprint density at radius 3 is 2.86 bits per heavy atom. The van der Waals surface area contributed by atoms with Crippen LogP contribution < -0.4 is 5.32 Å². The van der Waals surface area contributed by atoms with Gasteiger partial charge in [0.15, 0.2) is 5.69 Å². The standard InChI is InChI=1S/C14H20N6O/c1-9-10(2)17-18-12(9)14(21)20-7-4-15-8-11(20)13-16-5-6-19(13)3/h5-6,11,15H,4,7-8H2,1-3H3,(H,17,18). The molecule has 2 N–H and O–H groups in total. The maximum absolute atomic E-state index is 12.8. The molecule has 0 saturated carbocycles. The SMILES string of the molecule is Cc1[nH]nc(C(=O)N2CCNCC2c2nccn2C)c1C. The number of piperazine rings is 1. The van der Waals surface area contributed by atoms with Crippen molar-refractivity contribution in [2.45, 2.75) is 19.9 Å². The van der Waals surface area contributed by atoms with E-state index >= 15 is 0 Å². The summed E-state index contributed by atoms with van der Waals surface area (Å²) >= 11 is 0. The van der Waals surface area contributed by atoms with E-state index in [1.54, 1.807) is 6.20 Å². The van der Waals surface area contributed by atoms with Crippen molar-refractivity contribution in [1.29, 1.82) is 0 Å². The first-order chi connectivity index (χ1) is 10.1. The van der Waals surface area contributed by atoms with E-state index in [0.29, 0.717) is 18.8 Å². The number of aromatic nitrogens is 4. The second-order valence-electron chi connectivity index (χ2n) is 5.44. The second kappa shape index (κ2) is 5.33. The fraction of sp³-hybridized carbons (Fsp3) is 0.500. The van der Waals surface area contributed by atoms with Crippen molar-refractivity contribution in [2.24, 2.45) is 7.05 Å². The summed E-state index contributed by atoms with van der Waals surface area (Å²) in [5.74, 6) is 0.854. The van der Waals surface area contributed by atoms with Crippen molar-refractivity contribution in [2.75, 3.05) is 19.6 Å². The molecule has 21 heavy (non-hydrogen) atoms. The molecule has 1 saturated heterocycles. The van der Waals surface area contributed by atoms with Crippen LogP contribution in [0.15, 0.2) is 12.4 Å². The molecule has 0 aromatic carbocycles. The minimum Gasteiger partial charge on any atom is -0.336 e. The molecule has 1 unspecified atom stereocenters. The van der Waals surface area contributed by atoms with Gasteiger partial charge in [0.05, 0.1) is 0 Å². The molecule has 7 nitrogen and oxygen atoms in total. The highest BCUT2D eigenvalue weighted by molar-refractivity contribution is 5.94. The van der Waals surface area contributed by atoms with Crippen LogP contribution >= 0.6 is 0 Å². The number of hydrogen-bond acceptors (Lipinski definition) is 4. The van der Waals surface area contributed by atoms with Crippen molar-refractivity contribution >= 4 is 5.91 Å². The first-order valence-corrected chi connectivity index (χ1v) is 7.10. The van der Waals surface area contributed by atoms with Crippen LogP contribution in [0.4, 0.5) is 0 Å². The van der Waals surface area contributed by atoms with Gasteiger partial charge in [-0.25, -0.2) is 4.98 Å². The first-order valence-electron chi connectivity index (χ1n) is 7.10. The molecule has 0 radical (unpaired) electrons. The molecule has 1 aliphatic rings. The highest BCUT2D eigenvalue weighted by atomic mass is 16.2. The molecule has 7 heteroatoms. The van der Waals surface area contributed by atoms with Gasteiger partial charge < -0.3 is 14.8 Å². The van der Waals surface area contributed by atoms with Gasteiger partial charge >= 0.3 is 0 Å². The first kappa shape index (κ1) is 13.8. The zero-order valence-electron chi connectivity index (χ0n) is 12.6. The molecule has 0 aliphatic carbocycles. The fourth-order valence-electron chi connectivity index (χ4n) is 2.71. The lowest BCUT2D eigenvalue weighted by molar-refractivity contribution is 0.0614. The van der Waals surface area contributed by atoms with Gasteiger partial charge in [-0.15, -0.1) is 0 Å². The van der Waals surface area contributed by atoms with Crippen molar-refractivity contribution < 1.29 is 4.79 Å². The molecule has 1 amide bonds. The number of carbonyl (C=O) groups excluding carboxylic acids is 1. The average Bonchev–Trinajstić information content (AvgIpc) is 3.05. The van der Waals surface area contributed by atoms with Crippen molar-refractivity contribution in [3.8, 4) is 0 Å². The Morgan fingerprint density at radius 2 is 2.24 bits per heavy atom. The molecule has 3 heterocycles. The minimum atomic E-state index is -0.0670. The second-order valence-corrected chi connectivity index (χ2v) is 5.44.